The highest BCUT2D eigenvalue weighted by Gasteiger charge is 2.44. The molecule has 0 saturated heterocycles. The lowest BCUT2D eigenvalue weighted by Gasteiger charge is -2.38. The average Bonchev–Trinajstić information content (AvgIpc) is 2.20. The molecule has 1 atom stereocenters. The van der Waals surface area contributed by atoms with Gasteiger partial charge in [0.2, 0.25) is 0 Å². The van der Waals surface area contributed by atoms with Gasteiger partial charge in [-0.2, -0.15) is 5.06 Å². The second-order valence-corrected chi connectivity index (χ2v) is 8.75. The Morgan fingerprint density at radius 2 is 1.29 bits per heavy atom. The van der Waals surface area contributed by atoms with Gasteiger partial charge < -0.3 is 14.2 Å². The predicted octanol–water partition coefficient (Wildman–Crippen LogP) is 3.34. The molecule has 0 aromatic heterocycles. The SMILES string of the molecule is [CH2]C(CN(O)C(=O)OC(C)(C)C)(OC(C)(C)C)C(=O)OC(C)(C)C. The lowest BCUT2D eigenvalue weighted by atomic mass is 10.0. The molecule has 0 aromatic rings. The molecule has 24 heavy (non-hydrogen) atoms. The maximum absolute atomic E-state index is 12.5. The zero-order chi connectivity index (χ0) is 19.6. The maximum atomic E-state index is 12.5. The molecule has 0 spiro atoms. The number of carbonyl (C=O) groups excluding carboxylic acids is 2. The van der Waals surface area contributed by atoms with Crippen molar-refractivity contribution in [3.8, 4) is 0 Å². The van der Waals surface area contributed by atoms with Crippen LogP contribution >= 0.6 is 0 Å². The van der Waals surface area contributed by atoms with Crippen LogP contribution < -0.4 is 0 Å². The van der Waals surface area contributed by atoms with Crippen molar-refractivity contribution in [1.82, 2.24) is 5.06 Å². The molecule has 0 aromatic carbocycles. The van der Waals surface area contributed by atoms with Gasteiger partial charge in [-0.3, -0.25) is 5.21 Å². The van der Waals surface area contributed by atoms with E-state index < -0.39 is 41.0 Å². The Hall–Kier alpha value is -1.34. The van der Waals surface area contributed by atoms with Crippen LogP contribution in [0.25, 0.3) is 0 Å². The molecule has 0 aliphatic carbocycles. The molecule has 7 nitrogen and oxygen atoms in total. The summed E-state index contributed by atoms with van der Waals surface area (Å²) < 4.78 is 16.1. The molecule has 7 heteroatoms. The third kappa shape index (κ3) is 9.08. The molecule has 1 radical (unpaired) electrons. The first kappa shape index (κ1) is 22.7. The van der Waals surface area contributed by atoms with Crippen LogP contribution in [0, 0.1) is 6.92 Å². The Balaban J connectivity index is 5.35. The van der Waals surface area contributed by atoms with E-state index in [-0.39, 0.29) is 5.06 Å². The molecule has 0 fully saturated rings. The molecule has 0 aliphatic rings. The number of rotatable bonds is 4. The van der Waals surface area contributed by atoms with Gasteiger partial charge in [-0.15, -0.1) is 0 Å². The standard InChI is InChI=1S/C17H32NO6/c1-14(2,3)22-12(19)17(10,24-16(7,8)9)11-18(21)13(20)23-15(4,5)6/h21H,10-11H2,1-9H3. The van der Waals surface area contributed by atoms with Gasteiger partial charge in [-0.1, -0.05) is 0 Å². The lowest BCUT2D eigenvalue weighted by molar-refractivity contribution is -0.206. The minimum absolute atomic E-state index is 0.272. The Labute approximate surface area is 145 Å². The van der Waals surface area contributed by atoms with E-state index in [1.54, 1.807) is 62.3 Å². The number of hydrogen-bond acceptors (Lipinski definition) is 6. The van der Waals surface area contributed by atoms with E-state index in [9.17, 15) is 14.8 Å². The quantitative estimate of drug-likeness (QED) is 0.477. The van der Waals surface area contributed by atoms with E-state index in [1.807, 2.05) is 0 Å². The average molecular weight is 346 g/mol. The minimum Gasteiger partial charge on any atom is -0.458 e. The zero-order valence-electron chi connectivity index (χ0n) is 16.3. The second kappa shape index (κ2) is 7.27. The van der Waals surface area contributed by atoms with E-state index in [0.29, 0.717) is 0 Å². The van der Waals surface area contributed by atoms with Crippen molar-refractivity contribution < 1.29 is 29.0 Å². The Morgan fingerprint density at radius 3 is 1.62 bits per heavy atom. The van der Waals surface area contributed by atoms with Gasteiger partial charge in [0.1, 0.15) is 11.2 Å². The third-order valence-electron chi connectivity index (χ3n) is 2.28. The van der Waals surface area contributed by atoms with Crippen LogP contribution in [0.5, 0.6) is 0 Å². The number of amides is 1. The fourth-order valence-corrected chi connectivity index (χ4v) is 1.72. The number of hydroxylamine groups is 2. The first-order valence-corrected chi connectivity index (χ1v) is 7.83. The summed E-state index contributed by atoms with van der Waals surface area (Å²) in [6, 6.07) is 0. The smallest absolute Gasteiger partial charge is 0.434 e. The number of nitrogens with zero attached hydrogens (tertiary/aromatic N) is 1. The van der Waals surface area contributed by atoms with Gasteiger partial charge in [0, 0.05) is 0 Å². The third-order valence-corrected chi connectivity index (χ3v) is 2.28. The van der Waals surface area contributed by atoms with Crippen molar-refractivity contribution in [3.63, 3.8) is 0 Å². The molecule has 1 amide bonds. The van der Waals surface area contributed by atoms with Gasteiger partial charge in [-0.05, 0) is 69.2 Å². The van der Waals surface area contributed by atoms with Crippen LogP contribution in [0.4, 0.5) is 4.79 Å². The summed E-state index contributed by atoms with van der Waals surface area (Å²) >= 11 is 0. The summed E-state index contributed by atoms with van der Waals surface area (Å²) in [4.78, 5) is 24.4. The van der Waals surface area contributed by atoms with Crippen molar-refractivity contribution in [2.24, 2.45) is 0 Å². The lowest BCUT2D eigenvalue weighted by Crippen LogP contribution is -2.55. The summed E-state index contributed by atoms with van der Waals surface area (Å²) in [6.45, 7) is 18.5. The van der Waals surface area contributed by atoms with E-state index >= 15 is 0 Å². The highest BCUT2D eigenvalue weighted by Crippen LogP contribution is 2.25. The van der Waals surface area contributed by atoms with E-state index in [1.165, 1.54) is 0 Å². The number of hydrogen-bond donors (Lipinski definition) is 1. The van der Waals surface area contributed by atoms with Gasteiger partial charge in [-0.25, -0.2) is 9.59 Å². The van der Waals surface area contributed by atoms with E-state index in [0.717, 1.165) is 0 Å². The molecule has 0 bridgehead atoms. The molecule has 1 N–H and O–H groups in total. The highest BCUT2D eigenvalue weighted by molar-refractivity contribution is 5.82. The predicted molar refractivity (Wildman–Crippen MR) is 89.5 cm³/mol. The first-order chi connectivity index (χ1) is 10.3. The summed E-state index contributed by atoms with van der Waals surface area (Å²) in [6.07, 6.45) is -1.00. The normalized spacial score (nSPS) is 15.5. The van der Waals surface area contributed by atoms with Crippen LogP contribution in [-0.2, 0) is 19.0 Å². The monoisotopic (exact) mass is 346 g/mol. The molecule has 0 rings (SSSR count). The first-order valence-electron chi connectivity index (χ1n) is 7.83. The van der Waals surface area contributed by atoms with Crippen LogP contribution in [-0.4, -0.2) is 51.3 Å². The Kier molecular flexibility index (Phi) is 6.86. The molecular weight excluding hydrogens is 314 g/mol. The molecule has 0 heterocycles. The van der Waals surface area contributed by atoms with Crippen molar-refractivity contribution >= 4 is 12.1 Å². The van der Waals surface area contributed by atoms with E-state index in [2.05, 4.69) is 6.92 Å². The van der Waals surface area contributed by atoms with Crippen LogP contribution in [0.15, 0.2) is 0 Å². The largest absolute Gasteiger partial charge is 0.458 e. The topological polar surface area (TPSA) is 85.3 Å². The van der Waals surface area contributed by atoms with Crippen LogP contribution in [0.1, 0.15) is 62.3 Å². The van der Waals surface area contributed by atoms with Gasteiger partial charge in [0.15, 0.2) is 5.60 Å². The Morgan fingerprint density at radius 1 is 0.875 bits per heavy atom. The number of esters is 1. The number of carbonyl (C=O) groups is 2. The van der Waals surface area contributed by atoms with Gasteiger partial charge in [0.25, 0.3) is 0 Å². The van der Waals surface area contributed by atoms with Crippen molar-refractivity contribution in [2.75, 3.05) is 6.54 Å². The van der Waals surface area contributed by atoms with Crippen molar-refractivity contribution in [3.05, 3.63) is 6.92 Å². The maximum Gasteiger partial charge on any atom is 0.434 e. The summed E-state index contributed by atoms with van der Waals surface area (Å²) in [7, 11) is 0. The van der Waals surface area contributed by atoms with Crippen molar-refractivity contribution in [2.45, 2.75) is 84.7 Å². The fraction of sp³-hybridized carbons (Fsp3) is 0.824. The summed E-state index contributed by atoms with van der Waals surface area (Å²) in [5, 5.41) is 10.3. The molecule has 0 aliphatic heterocycles. The number of ether oxygens (including phenoxy) is 3. The molecule has 1 unspecified atom stereocenters. The second-order valence-electron chi connectivity index (χ2n) is 8.75. The van der Waals surface area contributed by atoms with Gasteiger partial charge >= 0.3 is 12.1 Å². The van der Waals surface area contributed by atoms with Crippen molar-refractivity contribution in [1.29, 1.82) is 0 Å². The van der Waals surface area contributed by atoms with Crippen LogP contribution in [0.2, 0.25) is 0 Å². The Bertz CT molecular complexity index is 455. The summed E-state index contributed by atoms with van der Waals surface area (Å²) in [5.74, 6) is -0.785. The zero-order valence-corrected chi connectivity index (χ0v) is 16.3. The summed E-state index contributed by atoms with van der Waals surface area (Å²) in [5.41, 5.74) is -4.13. The fourth-order valence-electron chi connectivity index (χ4n) is 1.72. The molecule has 0 saturated carbocycles. The molecule has 141 valence electrons. The highest BCUT2D eigenvalue weighted by atomic mass is 16.6. The molecular formula is C17H32NO6. The van der Waals surface area contributed by atoms with Gasteiger partial charge in [0.05, 0.1) is 12.1 Å². The van der Waals surface area contributed by atoms with Crippen LogP contribution in [0.3, 0.4) is 0 Å². The minimum atomic E-state index is -1.81. The van der Waals surface area contributed by atoms with E-state index in [4.69, 9.17) is 14.2 Å².